The van der Waals surface area contributed by atoms with E-state index in [4.69, 9.17) is 5.26 Å². The number of rotatable bonds is 3. The van der Waals surface area contributed by atoms with Gasteiger partial charge in [0.25, 0.3) is 0 Å². The summed E-state index contributed by atoms with van der Waals surface area (Å²) in [6.07, 6.45) is 1.85. The summed E-state index contributed by atoms with van der Waals surface area (Å²) in [5.41, 5.74) is 3.75. The van der Waals surface area contributed by atoms with E-state index in [2.05, 4.69) is 33.0 Å². The standard InChI is InChI=1S/C15H14BrN3/c1-11-7-12(8-16)10-18-15(11)19(2)14-6-4-3-5-13(14)9-17/h3-7,10H,8H2,1-2H3. The van der Waals surface area contributed by atoms with Gasteiger partial charge in [-0.05, 0) is 30.2 Å². The summed E-state index contributed by atoms with van der Waals surface area (Å²) in [7, 11) is 1.93. The van der Waals surface area contributed by atoms with Crippen molar-refractivity contribution in [2.75, 3.05) is 11.9 Å². The molecule has 1 aromatic heterocycles. The van der Waals surface area contributed by atoms with Gasteiger partial charge in [-0.1, -0.05) is 34.1 Å². The van der Waals surface area contributed by atoms with Crippen LogP contribution in [-0.4, -0.2) is 12.0 Å². The first-order chi connectivity index (χ1) is 9.17. The van der Waals surface area contributed by atoms with Crippen LogP contribution in [0, 0.1) is 18.3 Å². The van der Waals surface area contributed by atoms with Crippen molar-refractivity contribution in [2.45, 2.75) is 12.3 Å². The predicted molar refractivity (Wildman–Crippen MR) is 80.8 cm³/mol. The van der Waals surface area contributed by atoms with Crippen LogP contribution in [0.5, 0.6) is 0 Å². The van der Waals surface area contributed by atoms with E-state index < -0.39 is 0 Å². The molecule has 0 spiro atoms. The molecule has 0 aliphatic carbocycles. The average molecular weight is 316 g/mol. The third-order valence-corrected chi connectivity index (χ3v) is 3.61. The number of hydrogen-bond donors (Lipinski definition) is 0. The number of benzene rings is 1. The smallest absolute Gasteiger partial charge is 0.135 e. The molecule has 0 saturated carbocycles. The maximum absolute atomic E-state index is 9.16. The summed E-state index contributed by atoms with van der Waals surface area (Å²) in [4.78, 5) is 6.44. The van der Waals surface area contributed by atoms with Crippen LogP contribution >= 0.6 is 15.9 Å². The Balaban J connectivity index is 2.45. The molecule has 0 bridgehead atoms. The number of pyridine rings is 1. The molecule has 0 N–H and O–H groups in total. The molecule has 0 radical (unpaired) electrons. The number of nitriles is 1. The van der Waals surface area contributed by atoms with Crippen LogP contribution < -0.4 is 4.90 Å². The van der Waals surface area contributed by atoms with E-state index in [-0.39, 0.29) is 0 Å². The van der Waals surface area contributed by atoms with Gasteiger partial charge >= 0.3 is 0 Å². The molecular formula is C15H14BrN3. The topological polar surface area (TPSA) is 39.9 Å². The normalized spacial score (nSPS) is 10.0. The summed E-state index contributed by atoms with van der Waals surface area (Å²) in [5.74, 6) is 0.868. The Hall–Kier alpha value is -1.86. The molecule has 1 aromatic carbocycles. The molecule has 2 rings (SSSR count). The molecule has 1 heterocycles. The van der Waals surface area contributed by atoms with Crippen LogP contribution in [0.3, 0.4) is 0 Å². The molecule has 0 fully saturated rings. The van der Waals surface area contributed by atoms with E-state index in [1.807, 2.05) is 49.3 Å². The van der Waals surface area contributed by atoms with E-state index in [1.165, 1.54) is 0 Å². The quantitative estimate of drug-likeness (QED) is 0.806. The Bertz CT molecular complexity index is 632. The maximum atomic E-state index is 9.16. The summed E-state index contributed by atoms with van der Waals surface area (Å²) < 4.78 is 0. The van der Waals surface area contributed by atoms with Crippen molar-refractivity contribution in [2.24, 2.45) is 0 Å². The lowest BCUT2D eigenvalue weighted by Gasteiger charge is -2.21. The largest absolute Gasteiger partial charge is 0.328 e. The molecule has 96 valence electrons. The highest BCUT2D eigenvalue weighted by Crippen LogP contribution is 2.27. The van der Waals surface area contributed by atoms with Crippen molar-refractivity contribution in [3.63, 3.8) is 0 Å². The molecule has 0 aliphatic heterocycles. The molecule has 0 unspecified atom stereocenters. The van der Waals surface area contributed by atoms with Gasteiger partial charge in [-0.2, -0.15) is 5.26 Å². The molecular weight excluding hydrogens is 302 g/mol. The second kappa shape index (κ2) is 5.85. The van der Waals surface area contributed by atoms with Crippen LogP contribution in [0.25, 0.3) is 0 Å². The third kappa shape index (κ3) is 2.77. The minimum atomic E-state index is 0.649. The first-order valence-electron chi connectivity index (χ1n) is 5.91. The number of anilines is 2. The molecule has 2 aromatic rings. The second-order valence-electron chi connectivity index (χ2n) is 4.31. The molecule has 0 amide bonds. The van der Waals surface area contributed by atoms with Gasteiger partial charge < -0.3 is 4.90 Å². The van der Waals surface area contributed by atoms with Gasteiger partial charge in [-0.25, -0.2) is 4.98 Å². The van der Waals surface area contributed by atoms with Crippen LogP contribution in [0.2, 0.25) is 0 Å². The van der Waals surface area contributed by atoms with Crippen LogP contribution in [0.15, 0.2) is 36.5 Å². The molecule has 4 heteroatoms. The average Bonchev–Trinajstić information content (AvgIpc) is 2.46. The lowest BCUT2D eigenvalue weighted by atomic mass is 10.1. The zero-order valence-corrected chi connectivity index (χ0v) is 12.5. The Labute approximate surface area is 121 Å². The Morgan fingerprint density at radius 3 is 2.74 bits per heavy atom. The number of para-hydroxylation sites is 1. The van der Waals surface area contributed by atoms with E-state index in [1.54, 1.807) is 0 Å². The van der Waals surface area contributed by atoms with Crippen LogP contribution in [0.1, 0.15) is 16.7 Å². The van der Waals surface area contributed by atoms with Gasteiger partial charge in [-0.3, -0.25) is 0 Å². The van der Waals surface area contributed by atoms with Crippen LogP contribution in [0.4, 0.5) is 11.5 Å². The fourth-order valence-electron chi connectivity index (χ4n) is 2.02. The Kier molecular flexibility index (Phi) is 4.18. The van der Waals surface area contributed by atoms with E-state index in [0.29, 0.717) is 5.56 Å². The minimum Gasteiger partial charge on any atom is -0.328 e. The number of alkyl halides is 1. The van der Waals surface area contributed by atoms with Crippen molar-refractivity contribution in [3.05, 3.63) is 53.2 Å². The highest BCUT2D eigenvalue weighted by Gasteiger charge is 2.12. The molecule has 0 saturated heterocycles. The van der Waals surface area contributed by atoms with Crippen molar-refractivity contribution >= 4 is 27.4 Å². The molecule has 0 aliphatic rings. The van der Waals surface area contributed by atoms with Gasteiger partial charge in [-0.15, -0.1) is 0 Å². The van der Waals surface area contributed by atoms with Crippen molar-refractivity contribution < 1.29 is 0 Å². The van der Waals surface area contributed by atoms with Crippen LogP contribution in [-0.2, 0) is 5.33 Å². The van der Waals surface area contributed by atoms with Gasteiger partial charge in [0.05, 0.1) is 11.3 Å². The first-order valence-corrected chi connectivity index (χ1v) is 7.04. The van der Waals surface area contributed by atoms with Gasteiger partial charge in [0.2, 0.25) is 0 Å². The van der Waals surface area contributed by atoms with Crippen molar-refractivity contribution in [1.82, 2.24) is 4.98 Å². The zero-order chi connectivity index (χ0) is 13.8. The summed E-state index contributed by atoms with van der Waals surface area (Å²) in [5, 5.41) is 9.95. The summed E-state index contributed by atoms with van der Waals surface area (Å²) in [6.45, 7) is 2.03. The van der Waals surface area contributed by atoms with E-state index in [0.717, 1.165) is 28.0 Å². The highest BCUT2D eigenvalue weighted by atomic mass is 79.9. The lowest BCUT2D eigenvalue weighted by molar-refractivity contribution is 1.08. The number of aryl methyl sites for hydroxylation is 1. The van der Waals surface area contributed by atoms with Crippen molar-refractivity contribution in [1.29, 1.82) is 5.26 Å². The fraction of sp³-hybridized carbons (Fsp3) is 0.200. The van der Waals surface area contributed by atoms with Gasteiger partial charge in [0.1, 0.15) is 11.9 Å². The van der Waals surface area contributed by atoms with E-state index >= 15 is 0 Å². The third-order valence-electron chi connectivity index (χ3n) is 2.97. The minimum absolute atomic E-state index is 0.649. The summed E-state index contributed by atoms with van der Waals surface area (Å²) >= 11 is 3.42. The summed E-state index contributed by atoms with van der Waals surface area (Å²) in [6, 6.07) is 11.8. The predicted octanol–water partition coefficient (Wildman–Crippen LogP) is 3.92. The first kappa shape index (κ1) is 13.6. The maximum Gasteiger partial charge on any atom is 0.135 e. The fourth-order valence-corrected chi connectivity index (χ4v) is 2.33. The van der Waals surface area contributed by atoms with Gasteiger partial charge in [0.15, 0.2) is 0 Å². The second-order valence-corrected chi connectivity index (χ2v) is 4.87. The highest BCUT2D eigenvalue weighted by molar-refractivity contribution is 9.08. The Morgan fingerprint density at radius 2 is 2.11 bits per heavy atom. The van der Waals surface area contributed by atoms with Gasteiger partial charge in [0, 0.05) is 18.6 Å². The monoisotopic (exact) mass is 315 g/mol. The number of hydrogen-bond acceptors (Lipinski definition) is 3. The zero-order valence-electron chi connectivity index (χ0n) is 10.9. The molecule has 19 heavy (non-hydrogen) atoms. The SMILES string of the molecule is Cc1cc(CBr)cnc1N(C)c1ccccc1C#N. The van der Waals surface area contributed by atoms with Crippen molar-refractivity contribution in [3.8, 4) is 6.07 Å². The number of aromatic nitrogens is 1. The lowest BCUT2D eigenvalue weighted by Crippen LogP contribution is -2.14. The number of halogens is 1. The van der Waals surface area contributed by atoms with E-state index in [9.17, 15) is 0 Å². The molecule has 0 atom stereocenters. The molecule has 3 nitrogen and oxygen atoms in total. The number of nitrogens with zero attached hydrogens (tertiary/aromatic N) is 3. The Morgan fingerprint density at radius 1 is 1.37 bits per heavy atom.